The second-order valence-corrected chi connectivity index (χ2v) is 9.71. The Labute approximate surface area is 87.0 Å². The minimum Gasteiger partial charge on any atom is -0.400 e. The molecular formula is C9H18ClNOSi. The lowest BCUT2D eigenvalue weighted by Crippen LogP contribution is -2.42. The molecule has 0 aromatic carbocycles. The molecule has 76 valence electrons. The zero-order chi connectivity index (χ0) is 10.7. The minimum absolute atomic E-state index is 0.134. The van der Waals surface area contributed by atoms with Crippen LogP contribution in [0.5, 0.6) is 0 Å². The van der Waals surface area contributed by atoms with Gasteiger partial charge in [-0.15, -0.1) is 11.6 Å². The molecular weight excluding hydrogens is 202 g/mol. The Morgan fingerprint density at radius 2 is 1.92 bits per heavy atom. The summed E-state index contributed by atoms with van der Waals surface area (Å²) in [4.78, 5) is 0. The maximum absolute atomic E-state index is 8.92. The standard InChI is InChI=1S/C9H18ClNOSi/c1-9(2,3)8(6-11)12-13(4,5)7-10/h8H,7H2,1-5H3. The molecule has 0 N–H and O–H groups in total. The van der Waals surface area contributed by atoms with Crippen molar-refractivity contribution in [1.82, 2.24) is 0 Å². The Morgan fingerprint density at radius 3 is 2.15 bits per heavy atom. The zero-order valence-corrected chi connectivity index (χ0v) is 10.8. The van der Waals surface area contributed by atoms with Crippen molar-refractivity contribution < 1.29 is 4.43 Å². The van der Waals surface area contributed by atoms with Gasteiger partial charge in [0.05, 0.1) is 6.07 Å². The van der Waals surface area contributed by atoms with E-state index in [-0.39, 0.29) is 11.5 Å². The second kappa shape index (κ2) is 4.45. The van der Waals surface area contributed by atoms with Gasteiger partial charge in [-0.2, -0.15) is 5.26 Å². The average molecular weight is 220 g/mol. The smallest absolute Gasteiger partial charge is 0.203 e. The fraction of sp³-hybridized carbons (Fsp3) is 0.889. The van der Waals surface area contributed by atoms with Crippen molar-refractivity contribution in [2.24, 2.45) is 5.41 Å². The number of rotatable bonds is 3. The molecule has 0 fully saturated rings. The van der Waals surface area contributed by atoms with Crippen molar-refractivity contribution in [3.63, 3.8) is 0 Å². The van der Waals surface area contributed by atoms with Gasteiger partial charge >= 0.3 is 0 Å². The SMILES string of the molecule is CC(C)(C)C(C#N)O[Si](C)(C)CCl. The largest absolute Gasteiger partial charge is 0.400 e. The summed E-state index contributed by atoms with van der Waals surface area (Å²) in [5.41, 5.74) is 0.395. The van der Waals surface area contributed by atoms with Gasteiger partial charge in [-0.1, -0.05) is 20.8 Å². The number of nitriles is 1. The lowest BCUT2D eigenvalue weighted by molar-refractivity contribution is 0.128. The van der Waals surface area contributed by atoms with E-state index in [2.05, 4.69) is 6.07 Å². The minimum atomic E-state index is -1.83. The first kappa shape index (κ1) is 13.0. The molecule has 0 aliphatic heterocycles. The molecule has 1 atom stereocenters. The zero-order valence-electron chi connectivity index (χ0n) is 9.02. The molecule has 0 amide bonds. The third-order valence-corrected chi connectivity index (χ3v) is 5.11. The van der Waals surface area contributed by atoms with E-state index in [1.165, 1.54) is 0 Å². The van der Waals surface area contributed by atoms with E-state index in [0.717, 1.165) is 0 Å². The van der Waals surface area contributed by atoms with Gasteiger partial charge in [-0.3, -0.25) is 0 Å². The second-order valence-electron chi connectivity index (χ2n) is 4.89. The highest BCUT2D eigenvalue weighted by Gasteiger charge is 2.32. The summed E-state index contributed by atoms with van der Waals surface area (Å²) >= 11 is 5.77. The van der Waals surface area contributed by atoms with Gasteiger partial charge in [-0.05, 0) is 13.1 Å². The Kier molecular flexibility index (Phi) is 4.44. The summed E-state index contributed by atoms with van der Waals surface area (Å²) in [7, 11) is -1.83. The summed E-state index contributed by atoms with van der Waals surface area (Å²) in [6, 6.07) is 2.19. The molecule has 0 rings (SSSR count). The summed E-state index contributed by atoms with van der Waals surface area (Å²) in [5.74, 6) is 0. The predicted molar refractivity (Wildman–Crippen MR) is 58.1 cm³/mol. The fourth-order valence-corrected chi connectivity index (χ4v) is 2.04. The van der Waals surface area contributed by atoms with Crippen LogP contribution in [0.25, 0.3) is 0 Å². The van der Waals surface area contributed by atoms with Crippen LogP contribution in [0, 0.1) is 16.7 Å². The van der Waals surface area contributed by atoms with Crippen molar-refractivity contribution in [2.75, 3.05) is 5.50 Å². The number of hydrogen-bond acceptors (Lipinski definition) is 2. The molecule has 2 nitrogen and oxygen atoms in total. The van der Waals surface area contributed by atoms with E-state index in [0.29, 0.717) is 5.50 Å². The third-order valence-electron chi connectivity index (χ3n) is 1.66. The van der Waals surface area contributed by atoms with E-state index in [9.17, 15) is 0 Å². The highest BCUT2D eigenvalue weighted by molar-refractivity contribution is 6.77. The van der Waals surface area contributed by atoms with E-state index < -0.39 is 8.32 Å². The molecule has 4 heteroatoms. The normalized spacial score (nSPS) is 15.2. The number of alkyl halides is 1. The molecule has 0 spiro atoms. The van der Waals surface area contributed by atoms with Crippen LogP contribution in [0.1, 0.15) is 20.8 Å². The highest BCUT2D eigenvalue weighted by Crippen LogP contribution is 2.25. The van der Waals surface area contributed by atoms with Gasteiger partial charge in [0.1, 0.15) is 6.10 Å². The van der Waals surface area contributed by atoms with Gasteiger partial charge in [0.15, 0.2) is 0 Å². The number of nitrogens with zero attached hydrogens (tertiary/aromatic N) is 1. The first-order valence-electron chi connectivity index (χ1n) is 4.36. The molecule has 0 heterocycles. The van der Waals surface area contributed by atoms with Crippen LogP contribution in [-0.4, -0.2) is 19.9 Å². The molecule has 0 saturated heterocycles. The lowest BCUT2D eigenvalue weighted by Gasteiger charge is -2.31. The van der Waals surface area contributed by atoms with Crippen LogP contribution in [-0.2, 0) is 4.43 Å². The van der Waals surface area contributed by atoms with Gasteiger partial charge < -0.3 is 4.43 Å². The monoisotopic (exact) mass is 219 g/mol. The molecule has 0 radical (unpaired) electrons. The van der Waals surface area contributed by atoms with Gasteiger partial charge in [0.25, 0.3) is 0 Å². The molecule has 1 unspecified atom stereocenters. The fourth-order valence-electron chi connectivity index (χ4n) is 0.747. The number of hydrogen-bond donors (Lipinski definition) is 0. The van der Waals surface area contributed by atoms with Crippen molar-refractivity contribution in [1.29, 1.82) is 5.26 Å². The van der Waals surface area contributed by atoms with E-state index >= 15 is 0 Å². The summed E-state index contributed by atoms with van der Waals surface area (Å²) in [5, 5.41) is 8.92. The third kappa shape index (κ3) is 4.66. The Hall–Kier alpha value is -0.0431. The molecule has 0 aromatic rings. The molecule has 13 heavy (non-hydrogen) atoms. The maximum Gasteiger partial charge on any atom is 0.203 e. The molecule has 0 saturated carbocycles. The summed E-state index contributed by atoms with van der Waals surface area (Å²) in [6.45, 7) is 10.0. The Bertz CT molecular complexity index is 205. The van der Waals surface area contributed by atoms with Crippen LogP contribution < -0.4 is 0 Å². The van der Waals surface area contributed by atoms with Crippen molar-refractivity contribution in [3.05, 3.63) is 0 Å². The van der Waals surface area contributed by atoms with Crippen molar-refractivity contribution >= 4 is 19.9 Å². The molecule has 0 aromatic heterocycles. The summed E-state index contributed by atoms with van der Waals surface area (Å²) < 4.78 is 5.75. The highest BCUT2D eigenvalue weighted by atomic mass is 35.5. The predicted octanol–water partition coefficient (Wildman–Crippen LogP) is 2.92. The van der Waals surface area contributed by atoms with Gasteiger partial charge in [-0.25, -0.2) is 0 Å². The van der Waals surface area contributed by atoms with E-state index in [1.807, 2.05) is 33.9 Å². The van der Waals surface area contributed by atoms with E-state index in [1.54, 1.807) is 0 Å². The Balaban J connectivity index is 4.42. The number of halogens is 1. The van der Waals surface area contributed by atoms with Gasteiger partial charge in [0, 0.05) is 10.9 Å². The van der Waals surface area contributed by atoms with Crippen LogP contribution in [0.3, 0.4) is 0 Å². The van der Waals surface area contributed by atoms with Crippen LogP contribution in [0.15, 0.2) is 0 Å². The van der Waals surface area contributed by atoms with Gasteiger partial charge in [0.2, 0.25) is 8.32 Å². The van der Waals surface area contributed by atoms with Crippen LogP contribution >= 0.6 is 11.6 Å². The van der Waals surface area contributed by atoms with Crippen LogP contribution in [0.2, 0.25) is 13.1 Å². The molecule has 0 bridgehead atoms. The average Bonchev–Trinajstić information content (AvgIpc) is 1.98. The van der Waals surface area contributed by atoms with Crippen molar-refractivity contribution in [2.45, 2.75) is 40.0 Å². The van der Waals surface area contributed by atoms with E-state index in [4.69, 9.17) is 21.3 Å². The Morgan fingerprint density at radius 1 is 1.46 bits per heavy atom. The summed E-state index contributed by atoms with van der Waals surface area (Å²) in [6.07, 6.45) is -0.354. The quantitative estimate of drug-likeness (QED) is 0.540. The van der Waals surface area contributed by atoms with Crippen molar-refractivity contribution in [3.8, 4) is 6.07 Å². The first-order valence-corrected chi connectivity index (χ1v) is 8.01. The molecule has 0 aliphatic rings. The topological polar surface area (TPSA) is 33.0 Å². The molecule has 0 aliphatic carbocycles. The lowest BCUT2D eigenvalue weighted by atomic mass is 9.90. The van der Waals surface area contributed by atoms with Crippen LogP contribution in [0.4, 0.5) is 0 Å². The first-order chi connectivity index (χ1) is 5.73. The maximum atomic E-state index is 8.92.